The highest BCUT2D eigenvalue weighted by Crippen LogP contribution is 2.26. The molecular formula is C26H27ClN2O2. The van der Waals surface area contributed by atoms with Gasteiger partial charge in [0.2, 0.25) is 0 Å². The summed E-state index contributed by atoms with van der Waals surface area (Å²) >= 11 is 6.24. The number of unbranched alkanes of at least 4 members (excludes halogenated alkanes) is 1. The first-order chi connectivity index (χ1) is 15.1. The van der Waals surface area contributed by atoms with Crippen molar-refractivity contribution in [2.24, 2.45) is 0 Å². The highest BCUT2D eigenvalue weighted by Gasteiger charge is 2.11. The van der Waals surface area contributed by atoms with Crippen molar-refractivity contribution in [3.05, 3.63) is 88.7 Å². The minimum atomic E-state index is 0.443. The summed E-state index contributed by atoms with van der Waals surface area (Å²) in [5.41, 5.74) is 4.23. The molecule has 0 radical (unpaired) electrons. The molecule has 3 aromatic carbocycles. The van der Waals surface area contributed by atoms with E-state index in [0.29, 0.717) is 13.2 Å². The maximum Gasteiger partial charge on any atom is 0.147 e. The average Bonchev–Trinajstić information content (AvgIpc) is 3.14. The zero-order valence-corrected chi connectivity index (χ0v) is 18.7. The summed E-state index contributed by atoms with van der Waals surface area (Å²) < 4.78 is 14.2. The number of para-hydroxylation sites is 3. The Kier molecular flexibility index (Phi) is 6.78. The van der Waals surface area contributed by atoms with E-state index in [1.54, 1.807) is 0 Å². The quantitative estimate of drug-likeness (QED) is 0.273. The molecule has 1 heterocycles. The largest absolute Gasteiger partial charge is 0.494 e. The van der Waals surface area contributed by atoms with E-state index in [9.17, 15) is 0 Å². The van der Waals surface area contributed by atoms with Crippen LogP contribution in [0.25, 0.3) is 11.0 Å². The molecule has 0 aliphatic carbocycles. The Hall–Kier alpha value is -2.98. The van der Waals surface area contributed by atoms with Gasteiger partial charge in [-0.3, -0.25) is 0 Å². The third kappa shape index (κ3) is 5.20. The lowest BCUT2D eigenvalue weighted by Crippen LogP contribution is -2.09. The Morgan fingerprint density at radius 2 is 1.55 bits per heavy atom. The number of hydrogen-bond donors (Lipinski definition) is 0. The minimum Gasteiger partial charge on any atom is -0.494 e. The van der Waals surface area contributed by atoms with Gasteiger partial charge >= 0.3 is 0 Å². The second-order valence-electron chi connectivity index (χ2n) is 7.70. The van der Waals surface area contributed by atoms with Crippen LogP contribution in [0.2, 0.25) is 5.02 Å². The van der Waals surface area contributed by atoms with Gasteiger partial charge in [0.25, 0.3) is 0 Å². The number of fused-ring (bicyclic) bond motifs is 1. The monoisotopic (exact) mass is 434 g/mol. The molecule has 1 aromatic heterocycles. The van der Waals surface area contributed by atoms with Crippen molar-refractivity contribution in [1.82, 2.24) is 9.55 Å². The second-order valence-corrected chi connectivity index (χ2v) is 8.07. The predicted octanol–water partition coefficient (Wildman–Crippen LogP) is 6.74. The molecule has 0 unspecified atom stereocenters. The van der Waals surface area contributed by atoms with Crippen LogP contribution >= 0.6 is 11.6 Å². The highest BCUT2D eigenvalue weighted by molar-refractivity contribution is 6.32. The molecule has 4 rings (SSSR count). The molecule has 31 heavy (non-hydrogen) atoms. The molecule has 0 atom stereocenters. The van der Waals surface area contributed by atoms with Crippen molar-refractivity contribution in [3.63, 3.8) is 0 Å². The third-order valence-corrected chi connectivity index (χ3v) is 5.90. The molecular weight excluding hydrogens is 408 g/mol. The van der Waals surface area contributed by atoms with Gasteiger partial charge < -0.3 is 14.0 Å². The van der Waals surface area contributed by atoms with Crippen molar-refractivity contribution >= 4 is 22.6 Å². The van der Waals surface area contributed by atoms with E-state index < -0.39 is 0 Å². The van der Waals surface area contributed by atoms with Gasteiger partial charge in [0.15, 0.2) is 0 Å². The fraction of sp³-hybridized carbons (Fsp3) is 0.269. The summed E-state index contributed by atoms with van der Waals surface area (Å²) in [5.74, 6) is 2.67. The lowest BCUT2D eigenvalue weighted by Gasteiger charge is -2.12. The average molecular weight is 435 g/mol. The van der Waals surface area contributed by atoms with Crippen molar-refractivity contribution in [2.75, 3.05) is 6.61 Å². The molecule has 0 aliphatic rings. The first kappa shape index (κ1) is 21.3. The van der Waals surface area contributed by atoms with Gasteiger partial charge in [-0.05, 0) is 74.2 Å². The topological polar surface area (TPSA) is 36.3 Å². The standard InChI is InChI=1S/C26H27ClN2O2/c1-19-16-22(17-20(2)26(19)27)30-15-9-8-14-29-24-13-7-6-12-23(24)28-25(29)18-31-21-10-4-3-5-11-21/h3-7,10-13,16-17H,8-9,14-15,18H2,1-2H3. The predicted molar refractivity (Wildman–Crippen MR) is 126 cm³/mol. The van der Waals surface area contributed by atoms with Gasteiger partial charge in [-0.2, -0.15) is 0 Å². The second kappa shape index (κ2) is 9.88. The summed E-state index contributed by atoms with van der Waals surface area (Å²) in [5, 5.41) is 0.810. The Morgan fingerprint density at radius 1 is 0.839 bits per heavy atom. The lowest BCUT2D eigenvalue weighted by atomic mass is 10.1. The Balaban J connectivity index is 1.37. The number of ether oxygens (including phenoxy) is 2. The van der Waals surface area contributed by atoms with E-state index in [4.69, 9.17) is 26.1 Å². The summed E-state index contributed by atoms with van der Waals surface area (Å²) in [6.45, 7) is 5.99. The van der Waals surface area contributed by atoms with Crippen molar-refractivity contribution < 1.29 is 9.47 Å². The maximum absolute atomic E-state index is 6.24. The molecule has 0 saturated carbocycles. The van der Waals surface area contributed by atoms with E-state index in [1.807, 2.05) is 68.4 Å². The summed E-state index contributed by atoms with van der Waals surface area (Å²) in [7, 11) is 0. The number of aromatic nitrogens is 2. The molecule has 5 heteroatoms. The number of rotatable bonds is 9. The zero-order valence-electron chi connectivity index (χ0n) is 18.0. The van der Waals surface area contributed by atoms with Crippen molar-refractivity contribution in [1.29, 1.82) is 0 Å². The van der Waals surface area contributed by atoms with E-state index in [1.165, 1.54) is 0 Å². The number of nitrogens with zero attached hydrogens (tertiary/aromatic N) is 2. The number of benzene rings is 3. The fourth-order valence-corrected chi connectivity index (χ4v) is 3.81. The third-order valence-electron chi connectivity index (χ3n) is 5.30. The van der Waals surface area contributed by atoms with Gasteiger partial charge in [-0.25, -0.2) is 4.98 Å². The van der Waals surface area contributed by atoms with Crippen molar-refractivity contribution in [3.8, 4) is 11.5 Å². The molecule has 0 bridgehead atoms. The van der Waals surface area contributed by atoms with Gasteiger partial charge in [0.05, 0.1) is 17.6 Å². The smallest absolute Gasteiger partial charge is 0.147 e. The molecule has 0 amide bonds. The number of imidazole rings is 1. The first-order valence-corrected chi connectivity index (χ1v) is 11.0. The van der Waals surface area contributed by atoms with Crippen LogP contribution in [0.4, 0.5) is 0 Å². The minimum absolute atomic E-state index is 0.443. The van der Waals surface area contributed by atoms with Crippen LogP contribution in [0.15, 0.2) is 66.7 Å². The van der Waals surface area contributed by atoms with Crippen LogP contribution in [0, 0.1) is 13.8 Å². The molecule has 4 aromatic rings. The Morgan fingerprint density at radius 3 is 2.32 bits per heavy atom. The van der Waals surface area contributed by atoms with Crippen LogP contribution in [0.1, 0.15) is 29.8 Å². The Bertz CT molecular complexity index is 1130. The molecule has 160 valence electrons. The summed E-state index contributed by atoms with van der Waals surface area (Å²) in [6, 6.07) is 22.1. The molecule has 4 nitrogen and oxygen atoms in total. The SMILES string of the molecule is Cc1cc(OCCCCn2c(COc3ccccc3)nc3ccccc32)cc(C)c1Cl. The van der Waals surface area contributed by atoms with Gasteiger partial charge in [0, 0.05) is 11.6 Å². The van der Waals surface area contributed by atoms with Crippen molar-refractivity contribution in [2.45, 2.75) is 39.8 Å². The summed E-state index contributed by atoms with van der Waals surface area (Å²) in [4.78, 5) is 4.80. The van der Waals surface area contributed by atoms with Gasteiger partial charge in [-0.15, -0.1) is 0 Å². The number of halogens is 1. The van der Waals surface area contributed by atoms with E-state index >= 15 is 0 Å². The summed E-state index contributed by atoms with van der Waals surface area (Å²) in [6.07, 6.45) is 1.94. The maximum atomic E-state index is 6.24. The van der Waals surface area contributed by atoms with E-state index in [-0.39, 0.29) is 0 Å². The van der Waals surface area contributed by atoms with Crippen LogP contribution in [0.3, 0.4) is 0 Å². The van der Waals surface area contributed by atoms with Gasteiger partial charge in [-0.1, -0.05) is 41.9 Å². The van der Waals surface area contributed by atoms with Crippen LogP contribution < -0.4 is 9.47 Å². The normalized spacial score (nSPS) is 11.1. The Labute approximate surface area is 188 Å². The van der Waals surface area contributed by atoms with Crippen LogP contribution in [-0.2, 0) is 13.2 Å². The molecule has 0 spiro atoms. The fourth-order valence-electron chi connectivity index (χ4n) is 3.70. The van der Waals surface area contributed by atoms with Gasteiger partial charge in [0.1, 0.15) is 23.9 Å². The number of hydrogen-bond acceptors (Lipinski definition) is 3. The first-order valence-electron chi connectivity index (χ1n) is 10.6. The molecule has 0 saturated heterocycles. The lowest BCUT2D eigenvalue weighted by molar-refractivity contribution is 0.285. The van der Waals surface area contributed by atoms with E-state index in [0.717, 1.165) is 63.9 Å². The molecule has 0 N–H and O–H groups in total. The van der Waals surface area contributed by atoms with Crippen LogP contribution in [-0.4, -0.2) is 16.2 Å². The highest BCUT2D eigenvalue weighted by atomic mass is 35.5. The zero-order chi connectivity index (χ0) is 21.6. The molecule has 0 aliphatic heterocycles. The van der Waals surface area contributed by atoms with E-state index in [2.05, 4.69) is 16.7 Å². The van der Waals surface area contributed by atoms with Crippen LogP contribution in [0.5, 0.6) is 11.5 Å². The molecule has 0 fully saturated rings. The number of aryl methyl sites for hydroxylation is 3.